The normalized spacial score (nSPS) is 10.7. The van der Waals surface area contributed by atoms with Crippen LogP contribution in [0.3, 0.4) is 0 Å². The van der Waals surface area contributed by atoms with Gasteiger partial charge in [0.15, 0.2) is 0 Å². The maximum absolute atomic E-state index is 12.1. The summed E-state index contributed by atoms with van der Waals surface area (Å²) in [4.78, 5) is 21.8. The Morgan fingerprint density at radius 1 is 0.833 bits per heavy atom. The number of carbonyl (C=O) groups is 2. The summed E-state index contributed by atoms with van der Waals surface area (Å²) in [6, 6.07) is 32.9. The second kappa shape index (κ2) is 11.3. The molecule has 3 N–H and O–H groups in total. The van der Waals surface area contributed by atoms with Crippen LogP contribution in [0.15, 0.2) is 97.1 Å². The highest BCUT2D eigenvalue weighted by Gasteiger charge is 2.17. The molecule has 0 saturated carbocycles. The maximum Gasteiger partial charge on any atom is 0.329 e. The van der Waals surface area contributed by atoms with Crippen molar-refractivity contribution < 1.29 is 19.4 Å². The van der Waals surface area contributed by atoms with E-state index >= 15 is 0 Å². The number of aliphatic carboxylic acids is 1. The van der Waals surface area contributed by atoms with Crippen LogP contribution in [0.25, 0.3) is 32.9 Å². The molecule has 182 valence electrons. The molecule has 0 saturated heterocycles. The first-order valence-corrected chi connectivity index (χ1v) is 11.7. The van der Waals surface area contributed by atoms with E-state index in [4.69, 9.17) is 10.8 Å². The van der Waals surface area contributed by atoms with E-state index in [1.165, 1.54) is 11.1 Å². The Morgan fingerprint density at radius 3 is 2.14 bits per heavy atom. The Balaban J connectivity index is 0.000000384. The molecule has 0 fully saturated rings. The minimum Gasteiger partial charge on any atom is -0.480 e. The van der Waals surface area contributed by atoms with Crippen LogP contribution in [0.2, 0.25) is 0 Å². The van der Waals surface area contributed by atoms with Crippen LogP contribution in [0.5, 0.6) is 0 Å². The van der Waals surface area contributed by atoms with Crippen molar-refractivity contribution in [3.63, 3.8) is 0 Å². The summed E-state index contributed by atoms with van der Waals surface area (Å²) in [5.41, 5.74) is 11.9. The first-order chi connectivity index (χ1) is 17.5. The Labute approximate surface area is 209 Å². The Hall–Kier alpha value is -4.42. The molecule has 0 aliphatic carbocycles. The highest BCUT2D eigenvalue weighted by molar-refractivity contribution is 6.18. The number of hydrogen-bond acceptors (Lipinski definition) is 3. The number of primary amides is 1. The molecule has 1 amide bonds. The lowest BCUT2D eigenvalue weighted by atomic mass is 10.0. The summed E-state index contributed by atoms with van der Waals surface area (Å²) >= 11 is 0. The fraction of sp³-hybridized carbons (Fsp3) is 0.133. The summed E-state index contributed by atoms with van der Waals surface area (Å²) in [6.45, 7) is 2.76. The van der Waals surface area contributed by atoms with Gasteiger partial charge in [0, 0.05) is 29.5 Å². The number of rotatable bonds is 7. The summed E-state index contributed by atoms with van der Waals surface area (Å²) in [5.74, 6) is -1.32. The Morgan fingerprint density at radius 2 is 1.53 bits per heavy atom. The molecule has 1 heterocycles. The molecule has 5 rings (SSSR count). The first-order valence-electron chi connectivity index (χ1n) is 11.7. The van der Waals surface area contributed by atoms with Crippen molar-refractivity contribution in [2.24, 2.45) is 5.73 Å². The van der Waals surface area contributed by atoms with Crippen molar-refractivity contribution >= 4 is 33.7 Å². The van der Waals surface area contributed by atoms with Gasteiger partial charge in [0.1, 0.15) is 6.61 Å². The maximum atomic E-state index is 12.1. The Bertz CT molecular complexity index is 1490. The number of benzene rings is 4. The van der Waals surface area contributed by atoms with Crippen molar-refractivity contribution in [3.8, 4) is 11.1 Å². The second-order valence-corrected chi connectivity index (χ2v) is 8.26. The van der Waals surface area contributed by atoms with Crippen molar-refractivity contribution in [1.29, 1.82) is 0 Å². The van der Waals surface area contributed by atoms with Gasteiger partial charge in [-0.15, -0.1) is 0 Å². The fourth-order valence-electron chi connectivity index (χ4n) is 4.29. The highest BCUT2D eigenvalue weighted by atomic mass is 16.5. The Kier molecular flexibility index (Phi) is 7.78. The van der Waals surface area contributed by atoms with E-state index in [1.807, 2.05) is 48.5 Å². The van der Waals surface area contributed by atoms with Gasteiger partial charge in [-0.3, -0.25) is 4.79 Å². The van der Waals surface area contributed by atoms with Crippen LogP contribution >= 0.6 is 0 Å². The molecule has 0 spiro atoms. The largest absolute Gasteiger partial charge is 0.480 e. The zero-order valence-corrected chi connectivity index (χ0v) is 20.1. The average molecular weight is 481 g/mol. The zero-order valence-electron chi connectivity index (χ0n) is 20.1. The van der Waals surface area contributed by atoms with Crippen LogP contribution in [-0.2, 0) is 16.1 Å². The molecule has 0 aliphatic heterocycles. The van der Waals surface area contributed by atoms with Gasteiger partial charge in [-0.05, 0) is 41.8 Å². The molecule has 0 radical (unpaired) electrons. The van der Waals surface area contributed by atoms with Crippen molar-refractivity contribution in [1.82, 2.24) is 4.57 Å². The molecular formula is C30H28N2O4. The van der Waals surface area contributed by atoms with Gasteiger partial charge in [-0.2, -0.15) is 0 Å². The molecular weight excluding hydrogens is 452 g/mol. The number of nitrogens with two attached hydrogens (primary N) is 1. The van der Waals surface area contributed by atoms with E-state index in [-0.39, 0.29) is 6.61 Å². The molecule has 1 aromatic heterocycles. The molecule has 0 aliphatic rings. The van der Waals surface area contributed by atoms with E-state index in [0.29, 0.717) is 12.2 Å². The van der Waals surface area contributed by atoms with Crippen molar-refractivity contribution in [2.45, 2.75) is 13.5 Å². The number of amides is 1. The number of carbonyl (C=O) groups excluding carboxylic acids is 1. The third-order valence-electron chi connectivity index (χ3n) is 5.88. The van der Waals surface area contributed by atoms with Crippen LogP contribution in [-0.4, -0.2) is 34.8 Å². The summed E-state index contributed by atoms with van der Waals surface area (Å²) in [7, 11) is 0. The topological polar surface area (TPSA) is 94.6 Å². The number of ether oxygens (including phenoxy) is 1. The number of nitrogens with zero attached hydrogens (tertiary/aromatic N) is 1. The summed E-state index contributed by atoms with van der Waals surface area (Å²) in [5, 5.41) is 9.89. The lowest BCUT2D eigenvalue weighted by molar-refractivity contribution is -0.142. The average Bonchev–Trinajstić information content (AvgIpc) is 3.21. The third-order valence-corrected chi connectivity index (χ3v) is 5.88. The highest BCUT2D eigenvalue weighted by Crippen LogP contribution is 2.35. The summed E-state index contributed by atoms with van der Waals surface area (Å²) in [6.07, 6.45) is 0. The van der Waals surface area contributed by atoms with E-state index in [9.17, 15) is 9.59 Å². The number of hydrogen-bond donors (Lipinski definition) is 2. The first kappa shape index (κ1) is 24.7. The predicted octanol–water partition coefficient (Wildman–Crippen LogP) is 5.72. The van der Waals surface area contributed by atoms with E-state index in [0.717, 1.165) is 33.9 Å². The number of carboxylic acids is 1. The van der Waals surface area contributed by atoms with Gasteiger partial charge in [0.2, 0.25) is 5.91 Å². The number of carboxylic acid groups (broad SMARTS) is 1. The second-order valence-electron chi connectivity index (χ2n) is 8.26. The van der Waals surface area contributed by atoms with Gasteiger partial charge in [-0.1, -0.05) is 78.9 Å². The zero-order chi connectivity index (χ0) is 25.5. The monoisotopic (exact) mass is 480 g/mol. The molecule has 6 heteroatoms. The van der Waals surface area contributed by atoms with Gasteiger partial charge in [0.25, 0.3) is 0 Å². The van der Waals surface area contributed by atoms with E-state index in [1.54, 1.807) is 6.92 Å². The molecule has 5 aromatic rings. The van der Waals surface area contributed by atoms with Crippen LogP contribution in [0.1, 0.15) is 22.8 Å². The predicted molar refractivity (Wildman–Crippen MR) is 143 cm³/mol. The molecule has 0 atom stereocenters. The quantitative estimate of drug-likeness (QED) is 0.312. The lowest BCUT2D eigenvalue weighted by Crippen LogP contribution is -2.11. The molecule has 6 nitrogen and oxygen atoms in total. The van der Waals surface area contributed by atoms with Crippen LogP contribution < -0.4 is 5.73 Å². The third kappa shape index (κ3) is 5.45. The SMILES string of the molecule is CCOCC(=O)O.NC(=O)c1cccc2c1c1ccc(-c3ccccc3)cc1n2Cc1ccccc1. The van der Waals surface area contributed by atoms with Crippen molar-refractivity contribution in [3.05, 3.63) is 108 Å². The van der Waals surface area contributed by atoms with Gasteiger partial charge < -0.3 is 20.1 Å². The standard InChI is InChI=1S/C26H20N2O.C4H8O3/c27-26(29)22-12-7-13-23-25(22)21-15-14-20(19-10-5-2-6-11-19)16-24(21)28(23)17-18-8-3-1-4-9-18;1-2-7-3-4(5)6/h1-16H,17H2,(H2,27,29);2-3H2,1H3,(H,5,6). The fourth-order valence-corrected chi connectivity index (χ4v) is 4.29. The lowest BCUT2D eigenvalue weighted by Gasteiger charge is -2.09. The summed E-state index contributed by atoms with van der Waals surface area (Å²) < 4.78 is 6.77. The van der Waals surface area contributed by atoms with Crippen LogP contribution in [0.4, 0.5) is 0 Å². The van der Waals surface area contributed by atoms with Gasteiger partial charge in [-0.25, -0.2) is 4.79 Å². The molecule has 0 bridgehead atoms. The minimum absolute atomic E-state index is 0.184. The molecule has 4 aromatic carbocycles. The van der Waals surface area contributed by atoms with Gasteiger partial charge >= 0.3 is 5.97 Å². The van der Waals surface area contributed by atoms with Crippen LogP contribution in [0, 0.1) is 0 Å². The number of aromatic nitrogens is 1. The minimum atomic E-state index is -0.915. The van der Waals surface area contributed by atoms with E-state index < -0.39 is 11.9 Å². The molecule has 36 heavy (non-hydrogen) atoms. The van der Waals surface area contributed by atoms with Gasteiger partial charge in [0.05, 0.1) is 11.0 Å². The van der Waals surface area contributed by atoms with Crippen molar-refractivity contribution in [2.75, 3.05) is 13.2 Å². The smallest absolute Gasteiger partial charge is 0.329 e. The van der Waals surface area contributed by atoms with E-state index in [2.05, 4.69) is 57.8 Å². The molecule has 0 unspecified atom stereocenters. The number of fused-ring (bicyclic) bond motifs is 3.